The van der Waals surface area contributed by atoms with Crippen molar-refractivity contribution >= 4 is 17.8 Å². The van der Waals surface area contributed by atoms with Gasteiger partial charge in [0.25, 0.3) is 0 Å². The largest absolute Gasteiger partial charge is 0.463 e. The van der Waals surface area contributed by atoms with Crippen molar-refractivity contribution in [2.24, 2.45) is 0 Å². The molecular weight excluding hydrogens is 346 g/mol. The van der Waals surface area contributed by atoms with Gasteiger partial charge < -0.3 is 24.5 Å². The first-order valence-electron chi connectivity index (χ1n) is 7.94. The maximum Gasteiger partial charge on any atom is 0.303 e. The fraction of sp³-hybridized carbons (Fsp3) is 0.533. The Labute approximate surface area is 148 Å². The quantitative estimate of drug-likeness (QED) is 0.748. The lowest BCUT2D eigenvalue weighted by atomic mass is 10.2. The van der Waals surface area contributed by atoms with Gasteiger partial charge in [-0.3, -0.25) is 14.2 Å². The standard InChI is InChI=1S/C15H19N5O6/c1-7-18-15(19-26-7)13-14(16)20(6-17-13)12-4-10(24-9(3)22)11(25-12)5-23-8(2)21/h6,10-12H,4-5,16H2,1-3H3/t10-,11+,12+/m0/s1. The first kappa shape index (κ1) is 17.9. The van der Waals surface area contributed by atoms with Crippen LogP contribution in [0.5, 0.6) is 0 Å². The van der Waals surface area contributed by atoms with E-state index >= 15 is 0 Å². The first-order chi connectivity index (χ1) is 12.3. The molecule has 0 aromatic carbocycles. The van der Waals surface area contributed by atoms with Gasteiger partial charge in [0.1, 0.15) is 30.9 Å². The summed E-state index contributed by atoms with van der Waals surface area (Å²) in [5, 5.41) is 3.80. The summed E-state index contributed by atoms with van der Waals surface area (Å²) in [5.74, 6) is 0.0434. The lowest BCUT2D eigenvalue weighted by Gasteiger charge is -2.17. The summed E-state index contributed by atoms with van der Waals surface area (Å²) >= 11 is 0. The van der Waals surface area contributed by atoms with Gasteiger partial charge in [0.15, 0.2) is 5.69 Å². The van der Waals surface area contributed by atoms with Crippen molar-refractivity contribution in [3.8, 4) is 11.5 Å². The van der Waals surface area contributed by atoms with Crippen LogP contribution in [-0.4, -0.2) is 50.4 Å². The molecule has 0 bridgehead atoms. The van der Waals surface area contributed by atoms with Crippen LogP contribution in [0.25, 0.3) is 11.5 Å². The summed E-state index contributed by atoms with van der Waals surface area (Å²) in [6.45, 7) is 4.22. The molecule has 0 amide bonds. The van der Waals surface area contributed by atoms with Crippen molar-refractivity contribution < 1.29 is 28.3 Å². The van der Waals surface area contributed by atoms with Gasteiger partial charge in [0.2, 0.25) is 11.7 Å². The molecule has 11 heteroatoms. The number of nitrogens with two attached hydrogens (primary N) is 1. The number of aryl methyl sites for hydroxylation is 1. The normalized spacial score (nSPS) is 22.3. The summed E-state index contributed by atoms with van der Waals surface area (Å²) in [5.41, 5.74) is 6.50. The summed E-state index contributed by atoms with van der Waals surface area (Å²) in [7, 11) is 0. The van der Waals surface area contributed by atoms with E-state index in [-0.39, 0.29) is 18.2 Å². The van der Waals surface area contributed by atoms with E-state index in [1.807, 2.05) is 0 Å². The average Bonchev–Trinajstić information content (AvgIpc) is 3.24. The molecule has 2 aromatic heterocycles. The molecule has 11 nitrogen and oxygen atoms in total. The van der Waals surface area contributed by atoms with Crippen LogP contribution in [0.4, 0.5) is 5.82 Å². The summed E-state index contributed by atoms with van der Waals surface area (Å²) in [4.78, 5) is 30.7. The van der Waals surface area contributed by atoms with Gasteiger partial charge in [-0.1, -0.05) is 5.16 Å². The Bertz CT molecular complexity index is 815. The van der Waals surface area contributed by atoms with Crippen LogP contribution in [0, 0.1) is 6.92 Å². The molecule has 1 aliphatic rings. The molecule has 1 aliphatic heterocycles. The first-order valence-corrected chi connectivity index (χ1v) is 7.94. The van der Waals surface area contributed by atoms with Crippen LogP contribution in [0.1, 0.15) is 32.4 Å². The van der Waals surface area contributed by atoms with E-state index in [9.17, 15) is 9.59 Å². The van der Waals surface area contributed by atoms with E-state index in [0.29, 0.717) is 18.0 Å². The van der Waals surface area contributed by atoms with Crippen LogP contribution in [-0.2, 0) is 23.8 Å². The fourth-order valence-electron chi connectivity index (χ4n) is 2.73. The third-order valence-corrected chi connectivity index (χ3v) is 3.83. The van der Waals surface area contributed by atoms with Gasteiger partial charge in [0, 0.05) is 27.2 Å². The Hall–Kier alpha value is -2.95. The number of hydrogen-bond donors (Lipinski definition) is 1. The second kappa shape index (κ2) is 7.12. The Morgan fingerprint density at radius 3 is 2.77 bits per heavy atom. The van der Waals surface area contributed by atoms with Crippen molar-refractivity contribution in [1.82, 2.24) is 19.7 Å². The topological polar surface area (TPSA) is 145 Å². The molecule has 0 aliphatic carbocycles. The smallest absolute Gasteiger partial charge is 0.303 e. The molecule has 140 valence electrons. The van der Waals surface area contributed by atoms with E-state index in [2.05, 4.69) is 15.1 Å². The Morgan fingerprint density at radius 1 is 1.38 bits per heavy atom. The zero-order chi connectivity index (χ0) is 18.8. The van der Waals surface area contributed by atoms with Crippen LogP contribution in [0.3, 0.4) is 0 Å². The number of ether oxygens (including phenoxy) is 3. The SMILES string of the molecule is CC(=O)OC[C@H]1O[C@@H](n2cnc(-c3noc(C)n3)c2N)C[C@@H]1OC(C)=O. The molecule has 0 spiro atoms. The number of esters is 2. The molecule has 3 atom stereocenters. The number of carbonyl (C=O) groups excluding carboxylic acids is 2. The predicted molar refractivity (Wildman–Crippen MR) is 85.4 cm³/mol. The van der Waals surface area contributed by atoms with E-state index in [1.165, 1.54) is 20.2 Å². The summed E-state index contributed by atoms with van der Waals surface area (Å²) < 4.78 is 22.7. The lowest BCUT2D eigenvalue weighted by Crippen LogP contribution is -2.31. The highest BCUT2D eigenvalue weighted by atomic mass is 16.6. The maximum absolute atomic E-state index is 11.3. The monoisotopic (exact) mass is 365 g/mol. The van der Waals surface area contributed by atoms with Crippen LogP contribution in [0.2, 0.25) is 0 Å². The second-order valence-corrected chi connectivity index (χ2v) is 5.84. The Morgan fingerprint density at radius 2 is 2.15 bits per heavy atom. The van der Waals surface area contributed by atoms with E-state index in [4.69, 9.17) is 24.5 Å². The van der Waals surface area contributed by atoms with E-state index < -0.39 is 30.4 Å². The summed E-state index contributed by atoms with van der Waals surface area (Å²) in [6.07, 6.45) is 0.0887. The zero-order valence-corrected chi connectivity index (χ0v) is 14.5. The highest BCUT2D eigenvalue weighted by Gasteiger charge is 2.40. The molecule has 3 rings (SSSR count). The minimum atomic E-state index is -0.606. The zero-order valence-electron chi connectivity index (χ0n) is 14.5. The molecule has 2 N–H and O–H groups in total. The van der Waals surface area contributed by atoms with Crippen LogP contribution in [0.15, 0.2) is 10.9 Å². The maximum atomic E-state index is 11.3. The van der Waals surface area contributed by atoms with Gasteiger partial charge in [-0.15, -0.1) is 0 Å². The molecule has 26 heavy (non-hydrogen) atoms. The summed E-state index contributed by atoms with van der Waals surface area (Å²) in [6, 6.07) is 0. The molecule has 0 unspecified atom stereocenters. The van der Waals surface area contributed by atoms with Crippen molar-refractivity contribution in [1.29, 1.82) is 0 Å². The molecule has 1 saturated heterocycles. The lowest BCUT2D eigenvalue weighted by molar-refractivity contribution is -0.155. The average molecular weight is 365 g/mol. The number of anilines is 1. The second-order valence-electron chi connectivity index (χ2n) is 5.84. The number of carbonyl (C=O) groups is 2. The third kappa shape index (κ3) is 3.67. The van der Waals surface area contributed by atoms with E-state index in [1.54, 1.807) is 11.5 Å². The minimum Gasteiger partial charge on any atom is -0.463 e. The molecule has 1 fully saturated rings. The number of aromatic nitrogens is 4. The van der Waals surface area contributed by atoms with Crippen LogP contribution < -0.4 is 5.73 Å². The van der Waals surface area contributed by atoms with Crippen molar-refractivity contribution in [3.05, 3.63) is 12.2 Å². The van der Waals surface area contributed by atoms with Gasteiger partial charge in [-0.05, 0) is 0 Å². The molecule has 0 saturated carbocycles. The number of imidazole rings is 1. The number of hydrogen-bond acceptors (Lipinski definition) is 10. The Balaban J connectivity index is 1.79. The molecule has 3 heterocycles. The van der Waals surface area contributed by atoms with E-state index in [0.717, 1.165) is 0 Å². The minimum absolute atomic E-state index is 0.0325. The molecular formula is C15H19N5O6. The van der Waals surface area contributed by atoms with Crippen molar-refractivity contribution in [2.75, 3.05) is 12.3 Å². The van der Waals surface area contributed by atoms with Crippen LogP contribution >= 0.6 is 0 Å². The van der Waals surface area contributed by atoms with Crippen molar-refractivity contribution in [3.63, 3.8) is 0 Å². The van der Waals surface area contributed by atoms with Gasteiger partial charge in [0.05, 0.1) is 6.33 Å². The van der Waals surface area contributed by atoms with Gasteiger partial charge in [-0.25, -0.2) is 4.98 Å². The number of nitrogen functional groups attached to an aromatic ring is 1. The highest BCUT2D eigenvalue weighted by molar-refractivity contribution is 5.67. The highest BCUT2D eigenvalue weighted by Crippen LogP contribution is 2.35. The predicted octanol–water partition coefficient (Wildman–Crippen LogP) is 0.606. The number of rotatable bonds is 5. The number of nitrogens with zero attached hydrogens (tertiary/aromatic N) is 4. The van der Waals surface area contributed by atoms with Gasteiger partial charge >= 0.3 is 11.9 Å². The van der Waals surface area contributed by atoms with Gasteiger partial charge in [-0.2, -0.15) is 4.98 Å². The Kier molecular flexibility index (Phi) is 4.89. The van der Waals surface area contributed by atoms with Crippen molar-refractivity contribution in [2.45, 2.75) is 45.6 Å². The fourth-order valence-corrected chi connectivity index (χ4v) is 2.73. The molecule has 2 aromatic rings. The third-order valence-electron chi connectivity index (χ3n) is 3.83. The molecule has 0 radical (unpaired) electrons.